The molecule has 0 radical (unpaired) electrons. The first-order valence-electron chi connectivity index (χ1n) is 7.98. The summed E-state index contributed by atoms with van der Waals surface area (Å²) in [5, 5.41) is 10.7. The molecule has 0 aliphatic heterocycles. The highest BCUT2D eigenvalue weighted by molar-refractivity contribution is 5.97. The van der Waals surface area contributed by atoms with Crippen LogP contribution >= 0.6 is 0 Å². The zero-order valence-electron chi connectivity index (χ0n) is 14.8. The topological polar surface area (TPSA) is 77.6 Å². The Morgan fingerprint density at radius 2 is 1.93 bits per heavy atom. The maximum atomic E-state index is 13.1. The highest BCUT2D eigenvalue weighted by Gasteiger charge is 2.33. The number of rotatable bonds is 4. The van der Waals surface area contributed by atoms with Crippen LogP contribution in [-0.2, 0) is 16.5 Å². The number of amides is 1. The van der Waals surface area contributed by atoms with Gasteiger partial charge in [0.1, 0.15) is 18.2 Å². The van der Waals surface area contributed by atoms with Gasteiger partial charge in [-0.25, -0.2) is 9.67 Å². The number of anilines is 1. The van der Waals surface area contributed by atoms with Crippen LogP contribution in [0.1, 0.15) is 25.0 Å². The van der Waals surface area contributed by atoms with E-state index in [1.807, 2.05) is 6.92 Å². The summed E-state index contributed by atoms with van der Waals surface area (Å²) in [7, 11) is 0. The minimum Gasteiger partial charge on any atom is -0.322 e. The van der Waals surface area contributed by atoms with Gasteiger partial charge in [0.05, 0.1) is 23.1 Å². The Morgan fingerprint density at radius 3 is 2.48 bits per heavy atom. The fourth-order valence-electron chi connectivity index (χ4n) is 2.43. The SMILES string of the molecule is Cc1cnn(C(C)(C)C(=O)Nc2ccc(C(F)(F)F)cc2-n2cncn2)c1. The van der Waals surface area contributed by atoms with E-state index >= 15 is 0 Å². The van der Waals surface area contributed by atoms with Crippen LogP contribution in [0.2, 0.25) is 0 Å². The molecule has 0 saturated carbocycles. The molecule has 0 aliphatic rings. The number of alkyl halides is 3. The molecule has 0 fully saturated rings. The highest BCUT2D eigenvalue weighted by Crippen LogP contribution is 2.33. The van der Waals surface area contributed by atoms with E-state index < -0.39 is 23.2 Å². The predicted octanol–water partition coefficient (Wildman–Crippen LogP) is 3.16. The second-order valence-electron chi connectivity index (χ2n) is 6.55. The van der Waals surface area contributed by atoms with Gasteiger partial charge in [-0.2, -0.15) is 23.4 Å². The number of hydrogen-bond acceptors (Lipinski definition) is 4. The van der Waals surface area contributed by atoms with Gasteiger partial charge < -0.3 is 5.32 Å². The normalized spacial score (nSPS) is 12.2. The smallest absolute Gasteiger partial charge is 0.322 e. The Balaban J connectivity index is 1.98. The number of hydrogen-bond donors (Lipinski definition) is 1. The standard InChI is InChI=1S/C17H17F3N6O/c1-11-7-22-26(8-11)16(2,3)15(27)24-13-5-4-12(17(18,19)20)6-14(13)25-10-21-9-23-25/h4-10H,1-3H3,(H,24,27). The third-order valence-corrected chi connectivity index (χ3v) is 4.08. The second-order valence-corrected chi connectivity index (χ2v) is 6.55. The molecule has 0 saturated heterocycles. The molecule has 2 aromatic heterocycles. The van der Waals surface area contributed by atoms with Crippen molar-refractivity contribution in [2.45, 2.75) is 32.5 Å². The predicted molar refractivity (Wildman–Crippen MR) is 91.3 cm³/mol. The first-order chi connectivity index (χ1) is 12.6. The van der Waals surface area contributed by atoms with Gasteiger partial charge in [-0.1, -0.05) is 0 Å². The zero-order chi connectivity index (χ0) is 19.8. The molecule has 0 aliphatic carbocycles. The van der Waals surface area contributed by atoms with E-state index in [9.17, 15) is 18.0 Å². The average molecular weight is 378 g/mol. The van der Waals surface area contributed by atoms with Crippen molar-refractivity contribution in [3.63, 3.8) is 0 Å². The summed E-state index contributed by atoms with van der Waals surface area (Å²) in [5.41, 5.74) is -0.795. The number of benzene rings is 1. The summed E-state index contributed by atoms with van der Waals surface area (Å²) >= 11 is 0. The first kappa shape index (κ1) is 18.6. The molecule has 7 nitrogen and oxygen atoms in total. The number of carbonyl (C=O) groups is 1. The van der Waals surface area contributed by atoms with Gasteiger partial charge in [-0.3, -0.25) is 9.48 Å². The Labute approximate surface area is 152 Å². The van der Waals surface area contributed by atoms with Crippen molar-refractivity contribution in [1.82, 2.24) is 24.5 Å². The quantitative estimate of drug-likeness (QED) is 0.757. The molecule has 0 bridgehead atoms. The van der Waals surface area contributed by atoms with Gasteiger partial charge in [0.2, 0.25) is 0 Å². The van der Waals surface area contributed by atoms with Gasteiger partial charge in [-0.05, 0) is 44.5 Å². The molecule has 3 aromatic rings. The molecule has 1 aromatic carbocycles. The van der Waals surface area contributed by atoms with Crippen molar-refractivity contribution in [2.75, 3.05) is 5.32 Å². The van der Waals surface area contributed by atoms with Gasteiger partial charge in [-0.15, -0.1) is 0 Å². The first-order valence-corrected chi connectivity index (χ1v) is 7.98. The van der Waals surface area contributed by atoms with Gasteiger partial charge in [0.15, 0.2) is 0 Å². The van der Waals surface area contributed by atoms with Crippen LogP contribution in [-0.4, -0.2) is 30.5 Å². The van der Waals surface area contributed by atoms with E-state index in [-0.39, 0.29) is 11.4 Å². The van der Waals surface area contributed by atoms with Crippen LogP contribution in [0.25, 0.3) is 5.69 Å². The van der Waals surface area contributed by atoms with Crippen molar-refractivity contribution < 1.29 is 18.0 Å². The summed E-state index contributed by atoms with van der Waals surface area (Å²) < 4.78 is 41.9. The maximum Gasteiger partial charge on any atom is 0.416 e. The lowest BCUT2D eigenvalue weighted by Gasteiger charge is -2.25. The minimum atomic E-state index is -4.52. The Kier molecular flexibility index (Phi) is 4.50. The van der Waals surface area contributed by atoms with Crippen molar-refractivity contribution in [2.24, 2.45) is 0 Å². The van der Waals surface area contributed by atoms with Gasteiger partial charge in [0, 0.05) is 6.20 Å². The Bertz CT molecular complexity index is 959. The largest absolute Gasteiger partial charge is 0.416 e. The van der Waals surface area contributed by atoms with Crippen LogP contribution in [0.4, 0.5) is 18.9 Å². The van der Waals surface area contributed by atoms with Crippen LogP contribution in [0, 0.1) is 6.92 Å². The van der Waals surface area contributed by atoms with Crippen molar-refractivity contribution in [1.29, 1.82) is 0 Å². The lowest BCUT2D eigenvalue weighted by Crippen LogP contribution is -2.40. The second kappa shape index (κ2) is 6.53. The highest BCUT2D eigenvalue weighted by atomic mass is 19.4. The lowest BCUT2D eigenvalue weighted by atomic mass is 10.0. The lowest BCUT2D eigenvalue weighted by molar-refractivity contribution is -0.137. The van der Waals surface area contributed by atoms with Gasteiger partial charge >= 0.3 is 6.18 Å². The van der Waals surface area contributed by atoms with E-state index in [1.165, 1.54) is 23.4 Å². The molecule has 0 unspecified atom stereocenters. The number of nitrogens with zero attached hydrogens (tertiary/aromatic N) is 5. The summed E-state index contributed by atoms with van der Waals surface area (Å²) in [6.07, 6.45) is 1.26. The van der Waals surface area contributed by atoms with Crippen LogP contribution in [0.15, 0.2) is 43.2 Å². The molecule has 0 atom stereocenters. The number of carbonyl (C=O) groups excluding carboxylic acids is 1. The Morgan fingerprint density at radius 1 is 1.19 bits per heavy atom. The molecular weight excluding hydrogens is 361 g/mol. The number of aryl methyl sites for hydroxylation is 1. The summed E-state index contributed by atoms with van der Waals surface area (Å²) in [5.74, 6) is -0.438. The average Bonchev–Trinajstić information content (AvgIpc) is 3.25. The molecule has 0 spiro atoms. The van der Waals surface area contributed by atoms with Crippen molar-refractivity contribution in [3.8, 4) is 5.69 Å². The third-order valence-electron chi connectivity index (χ3n) is 4.08. The molecule has 1 amide bonds. The summed E-state index contributed by atoms with van der Waals surface area (Å²) in [4.78, 5) is 16.6. The summed E-state index contributed by atoms with van der Waals surface area (Å²) in [6, 6.07) is 3.01. The molecule has 142 valence electrons. The van der Waals surface area contributed by atoms with E-state index in [1.54, 1.807) is 26.2 Å². The number of halogens is 3. The molecule has 3 rings (SSSR count). The molecule has 10 heteroatoms. The molecule has 2 heterocycles. The van der Waals surface area contributed by atoms with E-state index in [0.29, 0.717) is 0 Å². The monoisotopic (exact) mass is 378 g/mol. The van der Waals surface area contributed by atoms with Crippen LogP contribution in [0.3, 0.4) is 0 Å². The van der Waals surface area contributed by atoms with Crippen molar-refractivity contribution in [3.05, 3.63) is 54.4 Å². The summed E-state index contributed by atoms with van der Waals surface area (Å²) in [6.45, 7) is 5.16. The molecular formula is C17H17F3N6O. The number of nitrogens with one attached hydrogen (secondary N) is 1. The maximum absolute atomic E-state index is 13.1. The van der Waals surface area contributed by atoms with E-state index in [4.69, 9.17) is 0 Å². The molecule has 27 heavy (non-hydrogen) atoms. The van der Waals surface area contributed by atoms with E-state index in [2.05, 4.69) is 20.5 Å². The van der Waals surface area contributed by atoms with Crippen LogP contribution in [0.5, 0.6) is 0 Å². The fourth-order valence-corrected chi connectivity index (χ4v) is 2.43. The Hall–Kier alpha value is -3.17. The number of aromatic nitrogens is 5. The fraction of sp³-hybridized carbons (Fsp3) is 0.294. The third kappa shape index (κ3) is 3.69. The zero-order valence-corrected chi connectivity index (χ0v) is 14.8. The minimum absolute atomic E-state index is 0.0584. The molecule has 1 N–H and O–H groups in total. The van der Waals surface area contributed by atoms with Crippen LogP contribution < -0.4 is 5.32 Å². The van der Waals surface area contributed by atoms with Gasteiger partial charge in [0.25, 0.3) is 5.91 Å². The van der Waals surface area contributed by atoms with E-state index in [0.717, 1.165) is 22.4 Å². The van der Waals surface area contributed by atoms with Crippen molar-refractivity contribution >= 4 is 11.6 Å².